The average molecular weight is 551 g/mol. The zero-order valence-electron chi connectivity index (χ0n) is 22.6. The van der Waals surface area contributed by atoms with Gasteiger partial charge in [0.15, 0.2) is 0 Å². The molecule has 2 saturated heterocycles. The minimum absolute atomic E-state index is 0.120. The summed E-state index contributed by atoms with van der Waals surface area (Å²) in [5.74, 6) is 2.37. The maximum absolute atomic E-state index is 13.5. The highest BCUT2D eigenvalue weighted by atomic mass is 32.2. The lowest BCUT2D eigenvalue weighted by atomic mass is 9.91. The second-order valence-electron chi connectivity index (χ2n) is 10.2. The smallest absolute Gasteiger partial charge is 0.270 e. The van der Waals surface area contributed by atoms with Crippen LogP contribution in [0.4, 0.5) is 5.82 Å². The second kappa shape index (κ2) is 11.7. The van der Waals surface area contributed by atoms with Gasteiger partial charge in [-0.2, -0.15) is 5.26 Å². The molecule has 0 spiro atoms. The molecule has 3 heterocycles. The molecule has 0 bridgehead atoms. The Bertz CT molecular complexity index is 1360. The van der Waals surface area contributed by atoms with Gasteiger partial charge in [-0.05, 0) is 67.9 Å². The Hall–Kier alpha value is -3.09. The van der Waals surface area contributed by atoms with Crippen molar-refractivity contribution in [1.29, 1.82) is 5.26 Å². The molecular weight excluding hydrogens is 516 g/mol. The van der Waals surface area contributed by atoms with E-state index in [0.717, 1.165) is 42.2 Å². The van der Waals surface area contributed by atoms with Gasteiger partial charge in [-0.3, -0.25) is 19.1 Å². The van der Waals surface area contributed by atoms with Crippen LogP contribution < -0.4 is 15.2 Å². The number of benzene rings is 1. The molecule has 0 aliphatic carbocycles. The second-order valence-corrected chi connectivity index (χ2v) is 11.9. The first-order chi connectivity index (χ1) is 18.2. The largest absolute Gasteiger partial charge is 0.497 e. The minimum atomic E-state index is -0.280. The number of rotatable bonds is 7. The number of piperidine rings is 1. The van der Waals surface area contributed by atoms with Crippen molar-refractivity contribution in [3.8, 4) is 11.8 Å². The summed E-state index contributed by atoms with van der Waals surface area (Å²) < 4.78 is 7.43. The maximum Gasteiger partial charge on any atom is 0.270 e. The predicted molar refractivity (Wildman–Crippen MR) is 158 cm³/mol. The lowest BCUT2D eigenvalue weighted by molar-refractivity contribution is -0.122. The molecule has 38 heavy (non-hydrogen) atoms. The highest BCUT2D eigenvalue weighted by Gasteiger charge is 2.34. The predicted octanol–water partition coefficient (Wildman–Crippen LogP) is 4.98. The maximum atomic E-state index is 13.5. The van der Waals surface area contributed by atoms with Gasteiger partial charge in [0.1, 0.15) is 27.5 Å². The van der Waals surface area contributed by atoms with Gasteiger partial charge in [-0.25, -0.2) is 0 Å². The number of amides is 1. The van der Waals surface area contributed by atoms with Crippen molar-refractivity contribution in [2.24, 2.45) is 11.8 Å². The number of ether oxygens (including phenoxy) is 1. The molecule has 9 heteroatoms. The van der Waals surface area contributed by atoms with E-state index < -0.39 is 0 Å². The van der Waals surface area contributed by atoms with Crippen LogP contribution in [-0.4, -0.2) is 46.4 Å². The Balaban J connectivity index is 1.71. The van der Waals surface area contributed by atoms with Gasteiger partial charge in [-0.1, -0.05) is 50.0 Å². The molecule has 4 rings (SSSR count). The molecule has 2 fully saturated rings. The summed E-state index contributed by atoms with van der Waals surface area (Å²) >= 11 is 6.87. The van der Waals surface area contributed by atoms with E-state index in [2.05, 4.69) is 24.8 Å². The van der Waals surface area contributed by atoms with Gasteiger partial charge < -0.3 is 9.64 Å². The van der Waals surface area contributed by atoms with Crippen molar-refractivity contribution in [2.45, 2.75) is 47.1 Å². The van der Waals surface area contributed by atoms with E-state index in [4.69, 9.17) is 17.0 Å². The van der Waals surface area contributed by atoms with E-state index in [1.807, 2.05) is 37.3 Å². The number of nitrogens with zero attached hydrogens (tertiary/aromatic N) is 4. The lowest BCUT2D eigenvalue weighted by Crippen LogP contribution is -2.42. The van der Waals surface area contributed by atoms with Crippen molar-refractivity contribution in [2.75, 3.05) is 31.6 Å². The first-order valence-corrected chi connectivity index (χ1v) is 14.2. The van der Waals surface area contributed by atoms with Crippen LogP contribution in [0.3, 0.4) is 0 Å². The molecule has 2 unspecified atom stereocenters. The fraction of sp³-hybridized carbons (Fsp3) is 0.448. The van der Waals surface area contributed by atoms with E-state index in [9.17, 15) is 14.9 Å². The van der Waals surface area contributed by atoms with Crippen LogP contribution >= 0.6 is 24.0 Å². The number of pyridine rings is 1. The summed E-state index contributed by atoms with van der Waals surface area (Å²) in [6.07, 6.45) is 3.63. The van der Waals surface area contributed by atoms with Gasteiger partial charge in [0, 0.05) is 31.7 Å². The van der Waals surface area contributed by atoms with Gasteiger partial charge >= 0.3 is 0 Å². The van der Waals surface area contributed by atoms with Crippen molar-refractivity contribution in [3.05, 3.63) is 61.8 Å². The van der Waals surface area contributed by atoms with E-state index in [0.29, 0.717) is 46.1 Å². The van der Waals surface area contributed by atoms with Gasteiger partial charge in [0.25, 0.3) is 11.5 Å². The molecule has 1 amide bonds. The number of methoxy groups -OCH3 is 1. The molecule has 0 N–H and O–H groups in total. The highest BCUT2D eigenvalue weighted by molar-refractivity contribution is 8.26. The third-order valence-corrected chi connectivity index (χ3v) is 8.64. The zero-order chi connectivity index (χ0) is 27.6. The monoisotopic (exact) mass is 550 g/mol. The van der Waals surface area contributed by atoms with Crippen molar-refractivity contribution >= 4 is 46.1 Å². The quantitative estimate of drug-likeness (QED) is 0.355. The van der Waals surface area contributed by atoms with Gasteiger partial charge in [0.2, 0.25) is 0 Å². The van der Waals surface area contributed by atoms with Crippen LogP contribution in [0, 0.1) is 30.1 Å². The van der Waals surface area contributed by atoms with Crippen LogP contribution in [0.1, 0.15) is 49.4 Å². The molecule has 1 aromatic carbocycles. The van der Waals surface area contributed by atoms with Crippen LogP contribution in [0.15, 0.2) is 34.0 Å². The summed E-state index contributed by atoms with van der Waals surface area (Å²) in [5, 5.41) is 9.83. The Labute approximate surface area is 234 Å². The molecule has 2 aliphatic rings. The number of thiocarbonyl (C=S) groups is 1. The van der Waals surface area contributed by atoms with Crippen LogP contribution in [-0.2, 0) is 17.8 Å². The Morgan fingerprint density at radius 3 is 2.42 bits per heavy atom. The van der Waals surface area contributed by atoms with Crippen molar-refractivity contribution in [1.82, 2.24) is 9.47 Å². The molecule has 2 aliphatic heterocycles. The fourth-order valence-corrected chi connectivity index (χ4v) is 6.76. The summed E-state index contributed by atoms with van der Waals surface area (Å²) in [6, 6.07) is 9.89. The third kappa shape index (κ3) is 5.52. The Morgan fingerprint density at radius 2 is 1.84 bits per heavy atom. The lowest BCUT2D eigenvalue weighted by Gasteiger charge is -2.38. The van der Waals surface area contributed by atoms with E-state index in [1.165, 1.54) is 11.8 Å². The van der Waals surface area contributed by atoms with Gasteiger partial charge in [0.05, 0.1) is 12.0 Å². The molecule has 0 radical (unpaired) electrons. The number of carbonyl (C=O) groups excluding carboxylic acids is 1. The first-order valence-electron chi connectivity index (χ1n) is 13.0. The number of carbonyl (C=O) groups is 1. The molecule has 0 saturated carbocycles. The summed E-state index contributed by atoms with van der Waals surface area (Å²) in [7, 11) is 1.63. The van der Waals surface area contributed by atoms with E-state index in [1.54, 1.807) is 23.5 Å². The number of hydrogen-bond donors (Lipinski definition) is 0. The normalized spacial score (nSPS) is 20.8. The minimum Gasteiger partial charge on any atom is -0.497 e. The van der Waals surface area contributed by atoms with Crippen LogP contribution in [0.5, 0.6) is 5.75 Å². The molecular formula is C29H34N4O3S2. The Kier molecular flexibility index (Phi) is 8.64. The molecule has 7 nitrogen and oxygen atoms in total. The van der Waals surface area contributed by atoms with Crippen molar-refractivity contribution in [3.63, 3.8) is 0 Å². The summed E-state index contributed by atoms with van der Waals surface area (Å²) in [5.41, 5.74) is 2.28. The van der Waals surface area contributed by atoms with Crippen LogP contribution in [0.25, 0.3) is 6.08 Å². The number of thioether (sulfide) groups is 1. The van der Waals surface area contributed by atoms with Crippen molar-refractivity contribution < 1.29 is 9.53 Å². The topological polar surface area (TPSA) is 78.6 Å². The number of nitriles is 1. The van der Waals surface area contributed by atoms with E-state index >= 15 is 0 Å². The Morgan fingerprint density at radius 1 is 1.18 bits per heavy atom. The summed E-state index contributed by atoms with van der Waals surface area (Å²) in [6.45, 7) is 10.7. The zero-order valence-corrected chi connectivity index (χ0v) is 24.2. The molecule has 200 valence electrons. The summed E-state index contributed by atoms with van der Waals surface area (Å²) in [4.78, 5) is 31.2. The fourth-order valence-electron chi connectivity index (χ4n) is 5.47. The molecule has 2 aromatic rings. The number of aromatic nitrogens is 1. The first kappa shape index (κ1) is 27.9. The third-order valence-electron chi connectivity index (χ3n) is 7.26. The standard InChI is InChI=1S/C29H34N4O3S2/c1-6-32-26(31-16-18(2)13-19(3)17-31)23(20(4)24(15-30)27(32)34)14-25-28(35)33(29(37)38-25)12-11-21-7-9-22(36-5)10-8-21/h7-10,14,18-19H,6,11-13,16-17H2,1-5H3/b25-14+. The molecule has 1 aromatic heterocycles. The SMILES string of the molecule is CCn1c(N2CC(C)CC(C)C2)c(/C=C2/SC(=S)N(CCc3ccc(OC)cc3)C2=O)c(C)c(C#N)c1=O. The van der Waals surface area contributed by atoms with E-state index in [-0.39, 0.29) is 17.0 Å². The number of hydrogen-bond acceptors (Lipinski definition) is 7. The average Bonchev–Trinajstić information content (AvgIpc) is 3.15. The van der Waals surface area contributed by atoms with Crippen LogP contribution in [0.2, 0.25) is 0 Å². The highest BCUT2D eigenvalue weighted by Crippen LogP contribution is 2.37. The van der Waals surface area contributed by atoms with Gasteiger partial charge in [-0.15, -0.1) is 0 Å². The molecule has 2 atom stereocenters. The number of anilines is 1.